The molecule has 4 nitrogen and oxygen atoms in total. The van der Waals surface area contributed by atoms with Gasteiger partial charge >= 0.3 is 0 Å². The van der Waals surface area contributed by atoms with Gasteiger partial charge in [0.25, 0.3) is 0 Å². The van der Waals surface area contributed by atoms with Gasteiger partial charge in [0.1, 0.15) is 5.75 Å². The summed E-state index contributed by atoms with van der Waals surface area (Å²) in [5, 5.41) is 17.6. The van der Waals surface area contributed by atoms with Crippen molar-refractivity contribution in [2.24, 2.45) is 5.92 Å². The summed E-state index contributed by atoms with van der Waals surface area (Å²) in [5.41, 5.74) is 0.667. The molecular formula is C18H26N2O2. The first-order valence-electron chi connectivity index (χ1n) is 8.28. The number of aliphatic hydroxyl groups excluding tert-OH is 1. The van der Waals surface area contributed by atoms with Crippen LogP contribution < -0.4 is 4.74 Å². The van der Waals surface area contributed by atoms with E-state index in [1.807, 2.05) is 12.1 Å². The molecule has 1 aliphatic heterocycles. The van der Waals surface area contributed by atoms with Crippen LogP contribution in [0.1, 0.15) is 37.7 Å². The summed E-state index contributed by atoms with van der Waals surface area (Å²) < 4.78 is 5.72. The Balaban J connectivity index is 1.56. The lowest BCUT2D eigenvalue weighted by Crippen LogP contribution is -2.34. The number of nitriles is 1. The number of piperidine rings is 1. The van der Waals surface area contributed by atoms with Crippen molar-refractivity contribution in [3.8, 4) is 11.8 Å². The van der Waals surface area contributed by atoms with Crippen molar-refractivity contribution in [2.45, 2.75) is 32.1 Å². The summed E-state index contributed by atoms with van der Waals surface area (Å²) in [5.74, 6) is 1.66. The van der Waals surface area contributed by atoms with E-state index in [0.717, 1.165) is 37.7 Å². The summed E-state index contributed by atoms with van der Waals surface area (Å²) in [4.78, 5) is 2.46. The number of likely N-dealkylation sites (tertiary alicyclic amines) is 1. The van der Waals surface area contributed by atoms with Crippen LogP contribution in [0.25, 0.3) is 0 Å². The Bertz CT molecular complexity index is 459. The maximum atomic E-state index is 8.86. The minimum absolute atomic E-state index is 0.298. The normalized spacial score (nSPS) is 16.4. The quantitative estimate of drug-likeness (QED) is 0.750. The van der Waals surface area contributed by atoms with Crippen molar-refractivity contribution in [3.05, 3.63) is 29.8 Å². The highest BCUT2D eigenvalue weighted by atomic mass is 16.5. The highest BCUT2D eigenvalue weighted by Crippen LogP contribution is 2.22. The molecule has 0 bridgehead atoms. The van der Waals surface area contributed by atoms with Gasteiger partial charge in [0.15, 0.2) is 0 Å². The zero-order chi connectivity index (χ0) is 15.6. The molecular weight excluding hydrogens is 276 g/mol. The third-order valence-corrected chi connectivity index (χ3v) is 4.35. The Morgan fingerprint density at radius 3 is 2.55 bits per heavy atom. The van der Waals surface area contributed by atoms with Crippen molar-refractivity contribution in [1.82, 2.24) is 4.90 Å². The van der Waals surface area contributed by atoms with Crippen LogP contribution in [-0.2, 0) is 0 Å². The maximum absolute atomic E-state index is 8.86. The Hall–Kier alpha value is -1.57. The number of ether oxygens (including phenoxy) is 1. The van der Waals surface area contributed by atoms with Gasteiger partial charge < -0.3 is 14.7 Å². The fourth-order valence-corrected chi connectivity index (χ4v) is 2.98. The second-order valence-corrected chi connectivity index (χ2v) is 5.99. The Morgan fingerprint density at radius 2 is 1.91 bits per heavy atom. The largest absolute Gasteiger partial charge is 0.494 e. The predicted octanol–water partition coefficient (Wildman–Crippen LogP) is 2.81. The number of hydrogen-bond acceptors (Lipinski definition) is 4. The number of benzene rings is 1. The lowest BCUT2D eigenvalue weighted by atomic mass is 9.92. The van der Waals surface area contributed by atoms with Gasteiger partial charge in [-0.2, -0.15) is 5.26 Å². The molecule has 2 rings (SSSR count). The zero-order valence-electron chi connectivity index (χ0n) is 13.2. The second-order valence-electron chi connectivity index (χ2n) is 5.99. The molecule has 0 unspecified atom stereocenters. The predicted molar refractivity (Wildman–Crippen MR) is 86.8 cm³/mol. The van der Waals surface area contributed by atoms with E-state index in [1.54, 1.807) is 12.1 Å². The molecule has 0 amide bonds. The molecule has 0 aromatic heterocycles. The van der Waals surface area contributed by atoms with Crippen LogP contribution in [0.4, 0.5) is 0 Å². The van der Waals surface area contributed by atoms with Crippen LogP contribution >= 0.6 is 0 Å². The molecule has 0 radical (unpaired) electrons. The van der Waals surface area contributed by atoms with E-state index >= 15 is 0 Å². The van der Waals surface area contributed by atoms with Crippen LogP contribution in [0, 0.1) is 17.2 Å². The minimum atomic E-state index is 0.298. The minimum Gasteiger partial charge on any atom is -0.494 e. The fraction of sp³-hybridized carbons (Fsp3) is 0.611. The molecule has 22 heavy (non-hydrogen) atoms. The van der Waals surface area contributed by atoms with Gasteiger partial charge in [0.2, 0.25) is 0 Å². The molecule has 1 aliphatic rings. The van der Waals surface area contributed by atoms with Crippen molar-refractivity contribution < 1.29 is 9.84 Å². The van der Waals surface area contributed by atoms with Gasteiger partial charge in [0, 0.05) is 13.2 Å². The van der Waals surface area contributed by atoms with Gasteiger partial charge in [-0.15, -0.1) is 0 Å². The maximum Gasteiger partial charge on any atom is 0.119 e. The van der Waals surface area contributed by atoms with Gasteiger partial charge in [-0.25, -0.2) is 0 Å². The topological polar surface area (TPSA) is 56.5 Å². The number of nitrogens with zero attached hydrogens (tertiary/aromatic N) is 2. The standard InChI is InChI=1S/C18H26N2O2/c19-15-17-4-6-18(7-5-17)22-14-1-3-16-8-11-20(12-9-16)10-2-13-21/h4-7,16,21H,1-3,8-14H2. The fourth-order valence-electron chi connectivity index (χ4n) is 2.98. The first-order valence-corrected chi connectivity index (χ1v) is 8.28. The van der Waals surface area contributed by atoms with E-state index in [4.69, 9.17) is 15.1 Å². The van der Waals surface area contributed by atoms with Gasteiger partial charge in [-0.3, -0.25) is 0 Å². The number of rotatable bonds is 8. The molecule has 4 heteroatoms. The summed E-state index contributed by atoms with van der Waals surface area (Å²) in [6, 6.07) is 9.40. The van der Waals surface area contributed by atoms with Gasteiger partial charge in [-0.1, -0.05) is 0 Å². The number of aliphatic hydroxyl groups is 1. The van der Waals surface area contributed by atoms with Crippen LogP contribution in [0.15, 0.2) is 24.3 Å². The average molecular weight is 302 g/mol. The van der Waals surface area contributed by atoms with Crippen LogP contribution in [-0.4, -0.2) is 42.9 Å². The molecule has 1 heterocycles. The highest BCUT2D eigenvalue weighted by Gasteiger charge is 2.18. The van der Waals surface area contributed by atoms with E-state index in [1.165, 1.54) is 32.4 Å². The summed E-state index contributed by atoms with van der Waals surface area (Å²) in [7, 11) is 0. The monoisotopic (exact) mass is 302 g/mol. The molecule has 0 spiro atoms. The van der Waals surface area contributed by atoms with E-state index in [0.29, 0.717) is 12.2 Å². The van der Waals surface area contributed by atoms with Crippen molar-refractivity contribution in [3.63, 3.8) is 0 Å². The van der Waals surface area contributed by atoms with Crippen molar-refractivity contribution in [2.75, 3.05) is 32.8 Å². The van der Waals surface area contributed by atoms with Gasteiger partial charge in [0.05, 0.1) is 18.2 Å². The van der Waals surface area contributed by atoms with Crippen LogP contribution in [0.2, 0.25) is 0 Å². The van der Waals surface area contributed by atoms with Crippen LogP contribution in [0.3, 0.4) is 0 Å². The Kier molecular flexibility index (Phi) is 7.21. The van der Waals surface area contributed by atoms with E-state index in [9.17, 15) is 0 Å². The average Bonchev–Trinajstić information content (AvgIpc) is 2.58. The molecule has 0 aliphatic carbocycles. The summed E-state index contributed by atoms with van der Waals surface area (Å²) in [6.07, 6.45) is 5.74. The number of hydrogen-bond donors (Lipinski definition) is 1. The van der Waals surface area contributed by atoms with Crippen molar-refractivity contribution in [1.29, 1.82) is 5.26 Å². The summed E-state index contributed by atoms with van der Waals surface area (Å²) in [6.45, 7) is 4.41. The molecule has 120 valence electrons. The van der Waals surface area contributed by atoms with E-state index in [-0.39, 0.29) is 0 Å². The molecule has 1 aromatic carbocycles. The first kappa shape index (κ1) is 16.8. The third kappa shape index (κ3) is 5.67. The Labute approximate surface area is 133 Å². The smallest absolute Gasteiger partial charge is 0.119 e. The molecule has 1 fully saturated rings. The SMILES string of the molecule is N#Cc1ccc(OCCCC2CCN(CCCO)CC2)cc1. The lowest BCUT2D eigenvalue weighted by Gasteiger charge is -2.31. The lowest BCUT2D eigenvalue weighted by molar-refractivity contribution is 0.158. The molecule has 0 atom stereocenters. The van der Waals surface area contributed by atoms with E-state index in [2.05, 4.69) is 11.0 Å². The Morgan fingerprint density at radius 1 is 1.18 bits per heavy atom. The summed E-state index contributed by atoms with van der Waals surface area (Å²) >= 11 is 0. The van der Waals surface area contributed by atoms with E-state index < -0.39 is 0 Å². The molecule has 1 saturated heterocycles. The highest BCUT2D eigenvalue weighted by molar-refractivity contribution is 5.34. The molecule has 0 saturated carbocycles. The zero-order valence-corrected chi connectivity index (χ0v) is 13.2. The van der Waals surface area contributed by atoms with Gasteiger partial charge in [-0.05, 0) is 75.4 Å². The molecule has 1 aromatic rings. The second kappa shape index (κ2) is 9.45. The van der Waals surface area contributed by atoms with Crippen LogP contribution in [0.5, 0.6) is 5.75 Å². The third-order valence-electron chi connectivity index (χ3n) is 4.35. The van der Waals surface area contributed by atoms with Crippen molar-refractivity contribution >= 4 is 0 Å². The first-order chi connectivity index (χ1) is 10.8. The molecule has 1 N–H and O–H groups in total.